The fourth-order valence-electron chi connectivity index (χ4n) is 4.32. The van der Waals surface area contributed by atoms with Crippen LogP contribution < -0.4 is 10.2 Å². The third-order valence-electron chi connectivity index (χ3n) is 5.54. The van der Waals surface area contributed by atoms with E-state index in [2.05, 4.69) is 58.3 Å². The summed E-state index contributed by atoms with van der Waals surface area (Å²) in [6.07, 6.45) is 5.70. The number of imidazole rings is 1. The van der Waals surface area contributed by atoms with E-state index in [0.717, 1.165) is 35.2 Å². The normalized spacial score (nSPS) is 19.3. The second kappa shape index (κ2) is 7.08. The lowest BCUT2D eigenvalue weighted by atomic mass is 10.1. The average Bonchev–Trinajstić information content (AvgIpc) is 3.11. The zero-order valence-electron chi connectivity index (χ0n) is 17.3. The monoisotopic (exact) mass is 397 g/mol. The van der Waals surface area contributed by atoms with Crippen molar-refractivity contribution in [1.29, 1.82) is 5.26 Å². The Morgan fingerprint density at radius 2 is 1.90 bits per heavy atom. The first-order valence-corrected chi connectivity index (χ1v) is 10.2. The van der Waals surface area contributed by atoms with Crippen LogP contribution in [0, 0.1) is 18.3 Å². The van der Waals surface area contributed by atoms with Crippen molar-refractivity contribution < 1.29 is 0 Å². The van der Waals surface area contributed by atoms with Crippen molar-refractivity contribution in [3.63, 3.8) is 0 Å². The van der Waals surface area contributed by atoms with Crippen molar-refractivity contribution in [2.45, 2.75) is 32.9 Å². The molecular weight excluding hydrogens is 374 g/mol. The first kappa shape index (κ1) is 18.5. The number of benzene rings is 1. The van der Waals surface area contributed by atoms with Crippen molar-refractivity contribution in [3.8, 4) is 17.5 Å². The molecule has 0 unspecified atom stereocenters. The molecule has 7 nitrogen and oxygen atoms in total. The number of piperazine rings is 1. The van der Waals surface area contributed by atoms with Crippen LogP contribution in [0.4, 0.5) is 5.69 Å². The van der Waals surface area contributed by atoms with Gasteiger partial charge in [-0.05, 0) is 45.0 Å². The molecule has 1 aliphatic rings. The standard InChI is InChI=1S/C23H23N7/c1-14-10-29(11-15(2)26-14)20-4-5-21-18(7-20)9-25-22(28-21)19-6-17(8-24)23-27-16(3)12-30(23)13-19/h4-7,9,12-15,26H,10-11H2,1-3H3/t14-,15-/m1/s1. The average molecular weight is 397 g/mol. The first-order valence-electron chi connectivity index (χ1n) is 10.2. The molecule has 0 bridgehead atoms. The van der Waals surface area contributed by atoms with Crippen LogP contribution in [0.2, 0.25) is 0 Å². The molecule has 2 atom stereocenters. The highest BCUT2D eigenvalue weighted by atomic mass is 15.2. The van der Waals surface area contributed by atoms with Gasteiger partial charge in [0.05, 0.1) is 16.8 Å². The van der Waals surface area contributed by atoms with Gasteiger partial charge in [0.15, 0.2) is 11.5 Å². The second-order valence-electron chi connectivity index (χ2n) is 8.18. The number of nitrogens with one attached hydrogen (secondary N) is 1. The molecule has 4 aromatic rings. The van der Waals surface area contributed by atoms with Crippen molar-refractivity contribution in [1.82, 2.24) is 24.7 Å². The maximum atomic E-state index is 9.53. The number of hydrogen-bond donors (Lipinski definition) is 1. The predicted octanol–water partition coefficient (Wildman–Crippen LogP) is 3.31. The number of nitrogens with zero attached hydrogens (tertiary/aromatic N) is 6. The van der Waals surface area contributed by atoms with Gasteiger partial charge >= 0.3 is 0 Å². The highest BCUT2D eigenvalue weighted by Gasteiger charge is 2.21. The lowest BCUT2D eigenvalue weighted by molar-refractivity contribution is 0.407. The van der Waals surface area contributed by atoms with E-state index < -0.39 is 0 Å². The molecular formula is C23H23N7. The van der Waals surface area contributed by atoms with Gasteiger partial charge in [-0.1, -0.05) is 0 Å². The highest BCUT2D eigenvalue weighted by molar-refractivity contribution is 5.83. The summed E-state index contributed by atoms with van der Waals surface area (Å²) in [5, 5.41) is 14.1. The molecule has 3 aromatic heterocycles. The van der Waals surface area contributed by atoms with E-state index in [1.54, 1.807) is 6.07 Å². The molecule has 7 heteroatoms. The topological polar surface area (TPSA) is 82.1 Å². The van der Waals surface area contributed by atoms with Gasteiger partial charge in [-0.15, -0.1) is 0 Å². The summed E-state index contributed by atoms with van der Waals surface area (Å²) in [5.41, 5.74) is 4.92. The van der Waals surface area contributed by atoms with E-state index in [4.69, 9.17) is 4.98 Å². The Kier molecular flexibility index (Phi) is 4.37. The fourth-order valence-corrected chi connectivity index (χ4v) is 4.32. The van der Waals surface area contributed by atoms with Crippen LogP contribution >= 0.6 is 0 Å². The molecule has 1 saturated heterocycles. The molecule has 150 valence electrons. The molecule has 0 spiro atoms. The molecule has 0 amide bonds. The number of nitriles is 1. The van der Waals surface area contributed by atoms with E-state index in [-0.39, 0.29) is 0 Å². The summed E-state index contributed by atoms with van der Waals surface area (Å²) in [6.45, 7) is 8.31. The maximum Gasteiger partial charge on any atom is 0.161 e. The van der Waals surface area contributed by atoms with Crippen molar-refractivity contribution in [2.24, 2.45) is 0 Å². The lowest BCUT2D eigenvalue weighted by Gasteiger charge is -2.37. The Morgan fingerprint density at radius 1 is 1.10 bits per heavy atom. The number of aromatic nitrogens is 4. The van der Waals surface area contributed by atoms with Crippen molar-refractivity contribution in [2.75, 3.05) is 18.0 Å². The lowest BCUT2D eigenvalue weighted by Crippen LogP contribution is -2.54. The Bertz CT molecular complexity index is 1290. The van der Waals surface area contributed by atoms with Crippen LogP contribution in [0.5, 0.6) is 0 Å². The highest BCUT2D eigenvalue weighted by Crippen LogP contribution is 2.26. The number of pyridine rings is 1. The molecule has 0 radical (unpaired) electrons. The SMILES string of the molecule is Cc1cn2cc(-c3ncc4cc(N5C[C@@H](C)N[C@H](C)C5)ccc4n3)cc(C#N)c2n1. The van der Waals surface area contributed by atoms with Gasteiger partial charge in [-0.2, -0.15) is 5.26 Å². The molecule has 1 aromatic carbocycles. The van der Waals surface area contributed by atoms with Gasteiger partial charge in [0.1, 0.15) is 6.07 Å². The zero-order chi connectivity index (χ0) is 20.8. The second-order valence-corrected chi connectivity index (χ2v) is 8.18. The van der Waals surface area contributed by atoms with E-state index in [1.165, 1.54) is 5.69 Å². The van der Waals surface area contributed by atoms with Gasteiger partial charge in [0.25, 0.3) is 0 Å². The molecule has 0 saturated carbocycles. The van der Waals surface area contributed by atoms with Crippen molar-refractivity contribution in [3.05, 3.63) is 54.1 Å². The van der Waals surface area contributed by atoms with Crippen LogP contribution in [-0.4, -0.2) is 44.5 Å². The molecule has 1 aliphatic heterocycles. The van der Waals surface area contributed by atoms with Gasteiger partial charge in [-0.3, -0.25) is 0 Å². The van der Waals surface area contributed by atoms with Crippen LogP contribution in [0.3, 0.4) is 0 Å². The van der Waals surface area contributed by atoms with E-state index in [1.807, 2.05) is 29.9 Å². The van der Waals surface area contributed by atoms with Gasteiger partial charge in [0.2, 0.25) is 0 Å². The zero-order valence-corrected chi connectivity index (χ0v) is 17.3. The van der Waals surface area contributed by atoms with E-state index in [9.17, 15) is 5.26 Å². The molecule has 0 aliphatic carbocycles. The van der Waals surface area contributed by atoms with Crippen LogP contribution in [0.1, 0.15) is 25.1 Å². The number of anilines is 1. The summed E-state index contributed by atoms with van der Waals surface area (Å²) in [7, 11) is 0. The molecule has 5 rings (SSSR count). The largest absolute Gasteiger partial charge is 0.368 e. The molecule has 1 fully saturated rings. The molecule has 30 heavy (non-hydrogen) atoms. The number of aryl methyl sites for hydroxylation is 1. The fraction of sp³-hybridized carbons (Fsp3) is 0.304. The Hall–Kier alpha value is -3.50. The Balaban J connectivity index is 1.53. The van der Waals surface area contributed by atoms with Gasteiger partial charge < -0.3 is 14.6 Å². The summed E-state index contributed by atoms with van der Waals surface area (Å²) in [4.78, 5) is 16.2. The smallest absolute Gasteiger partial charge is 0.161 e. The van der Waals surface area contributed by atoms with Crippen LogP contribution in [0.15, 0.2) is 42.9 Å². The number of rotatable bonds is 2. The molecule has 1 N–H and O–H groups in total. The number of fused-ring (bicyclic) bond motifs is 2. The minimum atomic E-state index is 0.458. The Morgan fingerprint density at radius 3 is 2.67 bits per heavy atom. The van der Waals surface area contributed by atoms with Gasteiger partial charge in [0, 0.05) is 60.4 Å². The third-order valence-corrected chi connectivity index (χ3v) is 5.54. The van der Waals surface area contributed by atoms with Gasteiger partial charge in [-0.25, -0.2) is 15.0 Å². The Labute approximate surface area is 175 Å². The van der Waals surface area contributed by atoms with E-state index >= 15 is 0 Å². The molecule has 4 heterocycles. The van der Waals surface area contributed by atoms with Crippen molar-refractivity contribution >= 4 is 22.2 Å². The maximum absolute atomic E-state index is 9.53. The van der Waals surface area contributed by atoms with E-state index in [0.29, 0.717) is 29.1 Å². The minimum absolute atomic E-state index is 0.458. The number of hydrogen-bond acceptors (Lipinski definition) is 6. The minimum Gasteiger partial charge on any atom is -0.368 e. The first-order chi connectivity index (χ1) is 14.5. The summed E-state index contributed by atoms with van der Waals surface area (Å²) < 4.78 is 1.87. The summed E-state index contributed by atoms with van der Waals surface area (Å²) >= 11 is 0. The predicted molar refractivity (Wildman–Crippen MR) is 117 cm³/mol. The third kappa shape index (κ3) is 3.25. The van der Waals surface area contributed by atoms with Crippen LogP contribution in [0.25, 0.3) is 27.9 Å². The van der Waals surface area contributed by atoms with Crippen LogP contribution in [-0.2, 0) is 0 Å². The summed E-state index contributed by atoms with van der Waals surface area (Å²) in [5.74, 6) is 0.601. The summed E-state index contributed by atoms with van der Waals surface area (Å²) in [6, 6.07) is 11.3. The quantitative estimate of drug-likeness (QED) is 0.559.